The molecule has 0 saturated carbocycles. The van der Waals surface area contributed by atoms with Crippen molar-refractivity contribution in [2.75, 3.05) is 26.7 Å². The smallest absolute Gasteiger partial charge is 0.193 e. The van der Waals surface area contributed by atoms with Crippen LogP contribution in [0.2, 0.25) is 0 Å². The van der Waals surface area contributed by atoms with Crippen LogP contribution in [-0.2, 0) is 6.54 Å². The van der Waals surface area contributed by atoms with Gasteiger partial charge < -0.3 is 10.2 Å². The third kappa shape index (κ3) is 4.16. The maximum Gasteiger partial charge on any atom is 0.193 e. The second-order valence-corrected chi connectivity index (χ2v) is 6.60. The van der Waals surface area contributed by atoms with Crippen LogP contribution in [0.3, 0.4) is 0 Å². The van der Waals surface area contributed by atoms with Gasteiger partial charge in [0.15, 0.2) is 5.96 Å². The lowest BCUT2D eigenvalue weighted by molar-refractivity contribution is 0.425. The van der Waals surface area contributed by atoms with E-state index >= 15 is 0 Å². The van der Waals surface area contributed by atoms with E-state index in [0.717, 1.165) is 32.1 Å². The van der Waals surface area contributed by atoms with E-state index in [9.17, 15) is 0 Å². The van der Waals surface area contributed by atoms with E-state index in [1.807, 2.05) is 30.2 Å². The molecule has 1 N–H and O–H groups in total. The van der Waals surface area contributed by atoms with Crippen LogP contribution in [0.5, 0.6) is 0 Å². The van der Waals surface area contributed by atoms with Crippen LogP contribution in [0.25, 0.3) is 0 Å². The molecule has 1 fully saturated rings. The molecule has 5 heteroatoms. The number of aromatic nitrogens is 2. The molecule has 0 spiro atoms. The fourth-order valence-corrected chi connectivity index (χ4v) is 3.34. The summed E-state index contributed by atoms with van der Waals surface area (Å²) in [6, 6.07) is 12.8. The highest BCUT2D eigenvalue weighted by Gasteiger charge is 2.25. The van der Waals surface area contributed by atoms with E-state index in [1.165, 1.54) is 12.0 Å². The summed E-state index contributed by atoms with van der Waals surface area (Å²) in [5.74, 6) is 2.11. The molecule has 1 aromatic heterocycles. The molecule has 5 nitrogen and oxygen atoms in total. The lowest BCUT2D eigenvalue weighted by Gasteiger charge is -2.23. The molecule has 1 saturated heterocycles. The zero-order chi connectivity index (χ0) is 16.8. The van der Waals surface area contributed by atoms with Crippen LogP contribution in [-0.4, -0.2) is 47.3 Å². The highest BCUT2D eigenvalue weighted by atomic mass is 15.3. The molecule has 2 aromatic rings. The molecule has 0 amide bonds. The van der Waals surface area contributed by atoms with Gasteiger partial charge in [-0.15, -0.1) is 0 Å². The molecule has 128 valence electrons. The molecule has 0 aliphatic carbocycles. The largest absolute Gasteiger partial charge is 0.356 e. The Morgan fingerprint density at radius 2 is 2.17 bits per heavy atom. The van der Waals surface area contributed by atoms with Crippen LogP contribution < -0.4 is 5.32 Å². The standard InChI is InChI=1S/C19H27N5/c1-16(14-24-11-6-10-22-24)13-21-19(20-2)23-12-9-18(15-23)17-7-4-3-5-8-17/h3-8,10-11,16,18H,9,12-15H2,1-2H3,(H,20,21). The van der Waals surface area contributed by atoms with Gasteiger partial charge in [0, 0.05) is 51.5 Å². The van der Waals surface area contributed by atoms with Gasteiger partial charge in [0.2, 0.25) is 0 Å². The van der Waals surface area contributed by atoms with E-state index in [4.69, 9.17) is 0 Å². The van der Waals surface area contributed by atoms with Gasteiger partial charge in [0.1, 0.15) is 0 Å². The average molecular weight is 325 g/mol. The number of hydrogen-bond acceptors (Lipinski definition) is 2. The number of nitrogens with zero attached hydrogens (tertiary/aromatic N) is 4. The average Bonchev–Trinajstić information content (AvgIpc) is 3.28. The third-order valence-electron chi connectivity index (χ3n) is 4.64. The number of rotatable bonds is 5. The van der Waals surface area contributed by atoms with Crippen LogP contribution in [0.1, 0.15) is 24.8 Å². The summed E-state index contributed by atoms with van der Waals surface area (Å²) in [5.41, 5.74) is 1.43. The van der Waals surface area contributed by atoms with Gasteiger partial charge in [0.05, 0.1) is 0 Å². The molecule has 3 rings (SSSR count). The summed E-state index contributed by atoms with van der Waals surface area (Å²) in [6.07, 6.45) is 5.02. The lowest BCUT2D eigenvalue weighted by atomic mass is 9.99. The Kier molecular flexibility index (Phi) is 5.51. The van der Waals surface area contributed by atoms with Crippen molar-refractivity contribution in [2.24, 2.45) is 10.9 Å². The number of aliphatic imine (C=N–C) groups is 1. The highest BCUT2D eigenvalue weighted by molar-refractivity contribution is 5.80. The zero-order valence-corrected chi connectivity index (χ0v) is 14.6. The predicted octanol–water partition coefficient (Wildman–Crippen LogP) is 2.58. The van der Waals surface area contributed by atoms with Crippen molar-refractivity contribution in [3.8, 4) is 0 Å². The normalized spacial score (nSPS) is 19.5. The molecule has 2 heterocycles. The first-order chi connectivity index (χ1) is 11.8. The predicted molar refractivity (Wildman–Crippen MR) is 98.1 cm³/mol. The Morgan fingerprint density at radius 3 is 2.88 bits per heavy atom. The lowest BCUT2D eigenvalue weighted by Crippen LogP contribution is -2.42. The first-order valence-electron chi connectivity index (χ1n) is 8.74. The van der Waals surface area contributed by atoms with Crippen molar-refractivity contribution >= 4 is 5.96 Å². The van der Waals surface area contributed by atoms with Gasteiger partial charge in [-0.2, -0.15) is 5.10 Å². The van der Waals surface area contributed by atoms with Crippen LogP contribution in [0.15, 0.2) is 53.8 Å². The van der Waals surface area contributed by atoms with Gasteiger partial charge in [-0.25, -0.2) is 0 Å². The summed E-state index contributed by atoms with van der Waals surface area (Å²) >= 11 is 0. The molecular formula is C19H27N5. The summed E-state index contributed by atoms with van der Waals surface area (Å²) in [6.45, 7) is 6.16. The molecule has 1 aliphatic rings. The second kappa shape index (κ2) is 7.99. The van der Waals surface area contributed by atoms with E-state index in [1.54, 1.807) is 0 Å². The van der Waals surface area contributed by atoms with Crippen molar-refractivity contribution < 1.29 is 0 Å². The number of benzene rings is 1. The maximum absolute atomic E-state index is 4.48. The first kappa shape index (κ1) is 16.6. The monoisotopic (exact) mass is 325 g/mol. The van der Waals surface area contributed by atoms with Crippen LogP contribution >= 0.6 is 0 Å². The fraction of sp³-hybridized carbons (Fsp3) is 0.474. The topological polar surface area (TPSA) is 45.5 Å². The van der Waals surface area contributed by atoms with Crippen molar-refractivity contribution in [1.82, 2.24) is 20.0 Å². The minimum absolute atomic E-state index is 0.495. The van der Waals surface area contributed by atoms with Gasteiger partial charge in [0.25, 0.3) is 0 Å². The van der Waals surface area contributed by atoms with E-state index in [0.29, 0.717) is 11.8 Å². The first-order valence-corrected chi connectivity index (χ1v) is 8.74. The molecule has 0 bridgehead atoms. The summed E-state index contributed by atoms with van der Waals surface area (Å²) < 4.78 is 1.98. The van der Waals surface area contributed by atoms with E-state index < -0.39 is 0 Å². The van der Waals surface area contributed by atoms with Crippen molar-refractivity contribution in [3.63, 3.8) is 0 Å². The Morgan fingerprint density at radius 1 is 1.33 bits per heavy atom. The van der Waals surface area contributed by atoms with Gasteiger partial charge in [-0.05, 0) is 24.0 Å². The van der Waals surface area contributed by atoms with Crippen LogP contribution in [0.4, 0.5) is 0 Å². The molecule has 1 aromatic carbocycles. The Hall–Kier alpha value is -2.30. The maximum atomic E-state index is 4.48. The molecule has 24 heavy (non-hydrogen) atoms. The van der Waals surface area contributed by atoms with Gasteiger partial charge >= 0.3 is 0 Å². The second-order valence-electron chi connectivity index (χ2n) is 6.60. The summed E-state index contributed by atoms with van der Waals surface area (Å²) in [5, 5.41) is 7.80. The Labute approximate surface area is 144 Å². The van der Waals surface area contributed by atoms with Crippen molar-refractivity contribution in [1.29, 1.82) is 0 Å². The fourth-order valence-electron chi connectivity index (χ4n) is 3.34. The highest BCUT2D eigenvalue weighted by Crippen LogP contribution is 2.26. The SMILES string of the molecule is CN=C(NCC(C)Cn1cccn1)N1CCC(c2ccccc2)C1. The Balaban J connectivity index is 1.50. The minimum Gasteiger partial charge on any atom is -0.356 e. The van der Waals surface area contributed by atoms with E-state index in [-0.39, 0.29) is 0 Å². The molecule has 2 atom stereocenters. The van der Waals surface area contributed by atoms with Gasteiger partial charge in [-0.3, -0.25) is 9.67 Å². The van der Waals surface area contributed by atoms with Crippen LogP contribution in [0, 0.1) is 5.92 Å². The van der Waals surface area contributed by atoms with E-state index in [2.05, 4.69) is 57.6 Å². The molecular weight excluding hydrogens is 298 g/mol. The summed E-state index contributed by atoms with van der Waals surface area (Å²) in [4.78, 5) is 6.85. The number of hydrogen-bond donors (Lipinski definition) is 1. The molecule has 0 radical (unpaired) electrons. The van der Waals surface area contributed by atoms with Crippen molar-refractivity contribution in [2.45, 2.75) is 25.8 Å². The van der Waals surface area contributed by atoms with Crippen molar-refractivity contribution in [3.05, 3.63) is 54.4 Å². The number of guanidine groups is 1. The molecule has 1 aliphatic heterocycles. The molecule has 2 unspecified atom stereocenters. The zero-order valence-electron chi connectivity index (χ0n) is 14.6. The third-order valence-corrected chi connectivity index (χ3v) is 4.64. The van der Waals surface area contributed by atoms with Gasteiger partial charge in [-0.1, -0.05) is 37.3 Å². The minimum atomic E-state index is 0.495. The number of likely N-dealkylation sites (tertiary alicyclic amines) is 1. The Bertz CT molecular complexity index is 635. The number of nitrogens with one attached hydrogen (secondary N) is 1. The quantitative estimate of drug-likeness (QED) is 0.679. The summed E-state index contributed by atoms with van der Waals surface area (Å²) in [7, 11) is 1.87.